The van der Waals surface area contributed by atoms with Gasteiger partial charge in [0.05, 0.1) is 12.6 Å². The Morgan fingerprint density at radius 2 is 2.04 bits per heavy atom. The second-order valence-electron chi connectivity index (χ2n) is 7.47. The van der Waals surface area contributed by atoms with E-state index < -0.39 is 0 Å². The van der Waals surface area contributed by atoms with E-state index in [0.717, 1.165) is 38.5 Å². The Bertz CT molecular complexity index is 566. The standard InChI is InChI=1S/C20H34N4O2/c1-16-5-7-17(8-6-16)18(24(3)4)13-22-19(21-2)23-14-20(9-11-25)10-12-26-15-20/h5-8,18,25H,9-15H2,1-4H3,(H2,21,22,23). The SMILES string of the molecule is CN=C(NCC(c1ccc(C)cc1)N(C)C)NCC1(CCO)CCOC1. The first kappa shape index (κ1) is 20.7. The Hall–Kier alpha value is -1.63. The van der Waals surface area contributed by atoms with Crippen LogP contribution in [0.2, 0.25) is 0 Å². The van der Waals surface area contributed by atoms with Crippen molar-refractivity contribution in [3.8, 4) is 0 Å². The molecular formula is C20H34N4O2. The van der Waals surface area contributed by atoms with Gasteiger partial charge >= 0.3 is 0 Å². The number of rotatable bonds is 8. The van der Waals surface area contributed by atoms with Crippen LogP contribution in [0, 0.1) is 12.3 Å². The molecule has 1 saturated heterocycles. The zero-order valence-electron chi connectivity index (χ0n) is 16.6. The highest BCUT2D eigenvalue weighted by Gasteiger charge is 2.34. The molecule has 1 fully saturated rings. The third-order valence-electron chi connectivity index (χ3n) is 5.23. The van der Waals surface area contributed by atoms with Gasteiger partial charge in [-0.1, -0.05) is 29.8 Å². The minimum atomic E-state index is 0.00424. The second kappa shape index (κ2) is 9.90. The molecule has 0 aliphatic carbocycles. The summed E-state index contributed by atoms with van der Waals surface area (Å²) in [6, 6.07) is 8.93. The molecule has 2 rings (SSSR count). The van der Waals surface area contributed by atoms with E-state index in [4.69, 9.17) is 4.74 Å². The fourth-order valence-corrected chi connectivity index (χ4v) is 3.38. The number of hydrogen-bond acceptors (Lipinski definition) is 4. The zero-order valence-corrected chi connectivity index (χ0v) is 16.6. The molecule has 0 bridgehead atoms. The fraction of sp³-hybridized carbons (Fsp3) is 0.650. The molecule has 0 aromatic heterocycles. The molecule has 1 aromatic carbocycles. The van der Waals surface area contributed by atoms with Crippen LogP contribution >= 0.6 is 0 Å². The number of likely N-dealkylation sites (N-methyl/N-ethyl adjacent to an activating group) is 1. The molecule has 0 radical (unpaired) electrons. The number of hydrogen-bond donors (Lipinski definition) is 3. The van der Waals surface area contributed by atoms with E-state index in [2.05, 4.69) is 65.8 Å². The molecule has 1 aromatic rings. The molecule has 1 aliphatic heterocycles. The summed E-state index contributed by atoms with van der Waals surface area (Å²) in [6.07, 6.45) is 1.72. The number of benzene rings is 1. The second-order valence-corrected chi connectivity index (χ2v) is 7.47. The van der Waals surface area contributed by atoms with Gasteiger partial charge in [-0.3, -0.25) is 4.99 Å². The van der Waals surface area contributed by atoms with Crippen LogP contribution in [-0.4, -0.2) is 70.0 Å². The van der Waals surface area contributed by atoms with E-state index >= 15 is 0 Å². The zero-order chi connectivity index (χ0) is 19.0. The van der Waals surface area contributed by atoms with Crippen LogP contribution in [0.5, 0.6) is 0 Å². The lowest BCUT2D eigenvalue weighted by Crippen LogP contribution is -2.46. The highest BCUT2D eigenvalue weighted by atomic mass is 16.5. The van der Waals surface area contributed by atoms with E-state index in [0.29, 0.717) is 6.61 Å². The predicted octanol–water partition coefficient (Wildman–Crippen LogP) is 1.55. The molecule has 1 aliphatic rings. The van der Waals surface area contributed by atoms with Crippen molar-refractivity contribution >= 4 is 5.96 Å². The first-order valence-electron chi connectivity index (χ1n) is 9.36. The first-order chi connectivity index (χ1) is 12.5. The lowest BCUT2D eigenvalue weighted by Gasteiger charge is -2.29. The van der Waals surface area contributed by atoms with Gasteiger partial charge in [-0.15, -0.1) is 0 Å². The number of aliphatic hydroxyl groups excluding tert-OH is 1. The maximum atomic E-state index is 9.36. The Kier molecular flexibility index (Phi) is 7.87. The minimum Gasteiger partial charge on any atom is -0.396 e. The summed E-state index contributed by atoms with van der Waals surface area (Å²) in [7, 11) is 5.97. The highest BCUT2D eigenvalue weighted by Crippen LogP contribution is 2.31. The molecule has 2 unspecified atom stereocenters. The molecule has 146 valence electrons. The third-order valence-corrected chi connectivity index (χ3v) is 5.23. The van der Waals surface area contributed by atoms with Gasteiger partial charge in [0, 0.05) is 38.8 Å². The van der Waals surface area contributed by atoms with Gasteiger partial charge < -0.3 is 25.4 Å². The summed E-state index contributed by atoms with van der Waals surface area (Å²) in [5.41, 5.74) is 2.55. The predicted molar refractivity (Wildman–Crippen MR) is 107 cm³/mol. The summed E-state index contributed by atoms with van der Waals surface area (Å²) in [5.74, 6) is 0.785. The fourth-order valence-electron chi connectivity index (χ4n) is 3.38. The summed E-state index contributed by atoms with van der Waals surface area (Å²) in [6.45, 7) is 5.27. The topological polar surface area (TPSA) is 69.1 Å². The Morgan fingerprint density at radius 1 is 1.31 bits per heavy atom. The van der Waals surface area contributed by atoms with Gasteiger partial charge in [0.15, 0.2) is 5.96 Å². The largest absolute Gasteiger partial charge is 0.396 e. The molecule has 3 N–H and O–H groups in total. The van der Waals surface area contributed by atoms with Gasteiger partial charge in [0.25, 0.3) is 0 Å². The molecule has 1 heterocycles. The van der Waals surface area contributed by atoms with Gasteiger partial charge in [-0.2, -0.15) is 0 Å². The number of ether oxygens (including phenoxy) is 1. The van der Waals surface area contributed by atoms with Crippen LogP contribution in [0.4, 0.5) is 0 Å². The smallest absolute Gasteiger partial charge is 0.191 e. The van der Waals surface area contributed by atoms with Gasteiger partial charge in [0.2, 0.25) is 0 Å². The van der Waals surface area contributed by atoms with E-state index in [-0.39, 0.29) is 18.1 Å². The van der Waals surface area contributed by atoms with E-state index in [1.807, 2.05) is 0 Å². The average molecular weight is 363 g/mol. The van der Waals surface area contributed by atoms with Gasteiger partial charge in [-0.25, -0.2) is 0 Å². The molecule has 2 atom stereocenters. The van der Waals surface area contributed by atoms with Crippen molar-refractivity contribution in [2.45, 2.75) is 25.8 Å². The molecule has 0 amide bonds. The van der Waals surface area contributed by atoms with E-state index in [1.54, 1.807) is 7.05 Å². The van der Waals surface area contributed by atoms with Crippen molar-refractivity contribution in [3.63, 3.8) is 0 Å². The van der Waals surface area contributed by atoms with Crippen LogP contribution in [0.15, 0.2) is 29.3 Å². The number of aliphatic imine (C=N–C) groups is 1. The Balaban J connectivity index is 1.92. The third kappa shape index (κ3) is 5.69. The van der Waals surface area contributed by atoms with Crippen molar-refractivity contribution in [1.82, 2.24) is 15.5 Å². The van der Waals surface area contributed by atoms with Crippen molar-refractivity contribution in [2.24, 2.45) is 10.4 Å². The summed E-state index contributed by atoms with van der Waals surface area (Å²) < 4.78 is 5.56. The van der Waals surface area contributed by atoms with Crippen molar-refractivity contribution in [3.05, 3.63) is 35.4 Å². The molecular weight excluding hydrogens is 328 g/mol. The van der Waals surface area contributed by atoms with Crippen LogP contribution in [0.3, 0.4) is 0 Å². The lowest BCUT2D eigenvalue weighted by atomic mass is 9.84. The van der Waals surface area contributed by atoms with Crippen molar-refractivity contribution in [1.29, 1.82) is 0 Å². The van der Waals surface area contributed by atoms with Crippen molar-refractivity contribution in [2.75, 3.05) is 54.1 Å². The Labute approximate surface area is 157 Å². The molecule has 0 saturated carbocycles. The normalized spacial score (nSPS) is 21.8. The average Bonchev–Trinajstić information content (AvgIpc) is 3.08. The lowest BCUT2D eigenvalue weighted by molar-refractivity contribution is 0.127. The van der Waals surface area contributed by atoms with Crippen LogP contribution in [0.1, 0.15) is 30.0 Å². The first-order valence-corrected chi connectivity index (χ1v) is 9.36. The number of nitrogens with one attached hydrogen (secondary N) is 2. The van der Waals surface area contributed by atoms with Gasteiger partial charge in [-0.05, 0) is 39.4 Å². The van der Waals surface area contributed by atoms with Crippen LogP contribution in [-0.2, 0) is 4.74 Å². The van der Waals surface area contributed by atoms with E-state index in [9.17, 15) is 5.11 Å². The monoisotopic (exact) mass is 362 g/mol. The molecule has 26 heavy (non-hydrogen) atoms. The number of aryl methyl sites for hydroxylation is 1. The van der Waals surface area contributed by atoms with E-state index in [1.165, 1.54) is 11.1 Å². The van der Waals surface area contributed by atoms with Gasteiger partial charge in [0.1, 0.15) is 0 Å². The molecule has 6 heteroatoms. The summed E-state index contributed by atoms with van der Waals surface area (Å²) in [4.78, 5) is 6.56. The summed E-state index contributed by atoms with van der Waals surface area (Å²) in [5, 5.41) is 16.2. The summed E-state index contributed by atoms with van der Waals surface area (Å²) >= 11 is 0. The number of aliphatic hydroxyl groups is 1. The molecule has 6 nitrogen and oxygen atoms in total. The van der Waals surface area contributed by atoms with Crippen LogP contribution < -0.4 is 10.6 Å². The number of guanidine groups is 1. The highest BCUT2D eigenvalue weighted by molar-refractivity contribution is 5.79. The Morgan fingerprint density at radius 3 is 2.58 bits per heavy atom. The molecule has 0 spiro atoms. The maximum Gasteiger partial charge on any atom is 0.191 e. The maximum absolute atomic E-state index is 9.36. The van der Waals surface area contributed by atoms with Crippen molar-refractivity contribution < 1.29 is 9.84 Å². The number of nitrogens with zero attached hydrogens (tertiary/aromatic N) is 2. The van der Waals surface area contributed by atoms with Crippen LogP contribution in [0.25, 0.3) is 0 Å². The minimum absolute atomic E-state index is 0.00424. The quantitative estimate of drug-likeness (QED) is 0.484.